The maximum atomic E-state index is 11.0. The smallest absolute Gasteiger partial charge is 0.377 e. The van der Waals surface area contributed by atoms with Gasteiger partial charge in [0.05, 0.1) is 5.56 Å². The molecule has 1 rings (SSSR count). The van der Waals surface area contributed by atoms with Crippen molar-refractivity contribution in [2.45, 2.75) is 0 Å². The van der Waals surface area contributed by atoms with Gasteiger partial charge in [0, 0.05) is 60.6 Å². The number of carboxylic acid groups (broad SMARTS) is 1. The van der Waals surface area contributed by atoms with Crippen LogP contribution < -0.4 is 5.73 Å². The molecule has 3 N–H and O–H groups in total. The molecule has 0 amide bonds. The van der Waals surface area contributed by atoms with Crippen molar-refractivity contribution in [2.24, 2.45) is 0 Å². The van der Waals surface area contributed by atoms with Gasteiger partial charge in [0.15, 0.2) is 0 Å². The number of aliphatic carboxylic acids is 1. The number of carboxylic acids is 1. The Morgan fingerprint density at radius 1 is 1.36 bits per heavy atom. The van der Waals surface area contributed by atoms with E-state index in [1.54, 1.807) is 6.07 Å². The molecule has 0 fully saturated rings. The van der Waals surface area contributed by atoms with Gasteiger partial charge in [0.25, 0.3) is 5.78 Å². The zero-order chi connectivity index (χ0) is 10.0. The van der Waals surface area contributed by atoms with E-state index in [1.807, 2.05) is 22.6 Å². The van der Waals surface area contributed by atoms with Crippen LogP contribution in [0.5, 0.6) is 0 Å². The summed E-state index contributed by atoms with van der Waals surface area (Å²) in [6.07, 6.45) is 0. The third-order valence-corrected chi connectivity index (χ3v) is 2.13. The minimum atomic E-state index is -1.49. The van der Waals surface area contributed by atoms with Crippen LogP contribution in [-0.4, -0.2) is 68.2 Å². The van der Waals surface area contributed by atoms with E-state index in [-0.39, 0.29) is 62.6 Å². The average molecular weight is 330 g/mol. The van der Waals surface area contributed by atoms with Crippen LogP contribution in [0.4, 0.5) is 5.69 Å². The van der Waals surface area contributed by atoms with E-state index in [0.717, 1.165) is 3.57 Å². The van der Waals surface area contributed by atoms with Gasteiger partial charge in [-0.15, -0.1) is 0 Å². The fourth-order valence-electron chi connectivity index (χ4n) is 0.840. The number of carbonyl (C=O) groups excluding carboxylic acids is 1. The first-order valence-corrected chi connectivity index (χ1v) is 4.43. The van der Waals surface area contributed by atoms with Crippen molar-refractivity contribution < 1.29 is 14.7 Å². The fraction of sp³-hybridized carbons (Fsp3) is 0. The van der Waals surface area contributed by atoms with E-state index in [2.05, 4.69) is 0 Å². The maximum Gasteiger partial charge on any atom is 0.377 e. The Hall–Kier alpha value is 0.526. The van der Waals surface area contributed by atoms with Crippen molar-refractivity contribution in [1.29, 1.82) is 0 Å². The molecular formula is C8H6IKNO3. The summed E-state index contributed by atoms with van der Waals surface area (Å²) in [5.74, 6) is -2.47. The number of nitrogens with two attached hydrogens (primary N) is 1. The number of halogens is 1. The fourth-order valence-corrected chi connectivity index (χ4v) is 1.33. The quantitative estimate of drug-likeness (QED) is 0.276. The van der Waals surface area contributed by atoms with E-state index < -0.39 is 11.8 Å². The van der Waals surface area contributed by atoms with E-state index >= 15 is 0 Å². The Balaban J connectivity index is 0.00000169. The van der Waals surface area contributed by atoms with Crippen molar-refractivity contribution >= 4 is 91.4 Å². The molecule has 0 unspecified atom stereocenters. The molecule has 1 radical (unpaired) electrons. The number of carbonyl (C=O) groups is 2. The molecule has 4 nitrogen and oxygen atoms in total. The molecule has 0 aliphatic rings. The molecule has 0 bridgehead atoms. The third kappa shape index (κ3) is 3.59. The minimum absolute atomic E-state index is 0. The first-order chi connectivity index (χ1) is 6.02. The zero-order valence-corrected chi connectivity index (χ0v) is 12.7. The maximum absolute atomic E-state index is 11.0. The van der Waals surface area contributed by atoms with Crippen molar-refractivity contribution in [3.8, 4) is 0 Å². The predicted octanol–water partition coefficient (Wildman–Crippen LogP) is 0.760. The number of benzene rings is 1. The number of anilines is 1. The van der Waals surface area contributed by atoms with Gasteiger partial charge in [-0.25, -0.2) is 4.79 Å². The van der Waals surface area contributed by atoms with Gasteiger partial charge in [-0.05, 0) is 40.8 Å². The molecule has 0 saturated carbocycles. The number of hydrogen-bond donors (Lipinski definition) is 2. The summed E-state index contributed by atoms with van der Waals surface area (Å²) in [4.78, 5) is 21.4. The first kappa shape index (κ1) is 14.5. The Bertz CT molecular complexity index is 381. The van der Waals surface area contributed by atoms with Crippen LogP contribution in [-0.2, 0) is 4.79 Å². The van der Waals surface area contributed by atoms with Gasteiger partial charge in [-0.2, -0.15) is 0 Å². The van der Waals surface area contributed by atoms with Crippen LogP contribution in [0.3, 0.4) is 0 Å². The summed E-state index contributed by atoms with van der Waals surface area (Å²) >= 11 is 1.98. The summed E-state index contributed by atoms with van der Waals surface area (Å²) in [5, 5.41) is 8.44. The van der Waals surface area contributed by atoms with Gasteiger partial charge in [0.2, 0.25) is 0 Å². The van der Waals surface area contributed by atoms with E-state index in [9.17, 15) is 9.59 Å². The van der Waals surface area contributed by atoms with E-state index in [1.165, 1.54) is 12.1 Å². The van der Waals surface area contributed by atoms with Crippen molar-refractivity contribution in [3.63, 3.8) is 0 Å². The summed E-state index contributed by atoms with van der Waals surface area (Å²) < 4.78 is 0.774. The Kier molecular flexibility index (Phi) is 6.42. The minimum Gasteiger partial charge on any atom is -0.475 e. The number of rotatable bonds is 2. The summed E-state index contributed by atoms with van der Waals surface area (Å²) in [5.41, 5.74) is 5.67. The number of ketones is 1. The van der Waals surface area contributed by atoms with Crippen LogP contribution in [0.1, 0.15) is 10.4 Å². The van der Waals surface area contributed by atoms with Crippen LogP contribution in [0.25, 0.3) is 0 Å². The standard InChI is InChI=1S/C8H6INO3.K/c9-4-1-2-6(10)5(3-4)7(11)8(12)13;/h1-3H,10H2,(H,12,13);. The first-order valence-electron chi connectivity index (χ1n) is 3.35. The van der Waals surface area contributed by atoms with Crippen LogP contribution in [0.2, 0.25) is 0 Å². The van der Waals surface area contributed by atoms with Gasteiger partial charge in [-0.3, -0.25) is 4.79 Å². The summed E-state index contributed by atoms with van der Waals surface area (Å²) in [6, 6.07) is 4.67. The molecule has 0 atom stereocenters. The molecule has 0 aliphatic carbocycles. The van der Waals surface area contributed by atoms with Gasteiger partial charge >= 0.3 is 5.97 Å². The second-order valence-corrected chi connectivity index (χ2v) is 3.61. The van der Waals surface area contributed by atoms with E-state index in [4.69, 9.17) is 10.8 Å². The number of nitrogen functional groups attached to an aromatic ring is 1. The molecule has 1 aromatic carbocycles. The molecule has 6 heteroatoms. The summed E-state index contributed by atoms with van der Waals surface area (Å²) in [7, 11) is 0. The second kappa shape index (κ2) is 6.18. The molecule has 0 aliphatic heterocycles. The third-order valence-electron chi connectivity index (χ3n) is 1.45. The molecule has 0 saturated heterocycles. The van der Waals surface area contributed by atoms with E-state index in [0.29, 0.717) is 0 Å². The van der Waals surface area contributed by atoms with Crippen LogP contribution in [0, 0.1) is 3.57 Å². The van der Waals surface area contributed by atoms with Gasteiger partial charge in [-0.1, -0.05) is 0 Å². The Labute approximate surface area is 137 Å². The molecule has 1 aromatic rings. The second-order valence-electron chi connectivity index (χ2n) is 2.37. The number of hydrogen-bond acceptors (Lipinski definition) is 3. The Morgan fingerprint density at radius 2 is 1.93 bits per heavy atom. The van der Waals surface area contributed by atoms with Gasteiger partial charge in [0.1, 0.15) is 0 Å². The topological polar surface area (TPSA) is 80.4 Å². The zero-order valence-electron chi connectivity index (χ0n) is 7.45. The molecule has 0 aromatic heterocycles. The van der Waals surface area contributed by atoms with Gasteiger partial charge < -0.3 is 10.8 Å². The molecule has 0 spiro atoms. The monoisotopic (exact) mass is 330 g/mol. The molecule has 0 heterocycles. The average Bonchev–Trinajstić information content (AvgIpc) is 2.08. The number of Topliss-reactive ketones (excluding diaryl/α,β-unsaturated/α-hetero) is 1. The van der Waals surface area contributed by atoms with Crippen LogP contribution in [0.15, 0.2) is 18.2 Å². The molecule has 69 valence electrons. The largest absolute Gasteiger partial charge is 0.475 e. The predicted molar refractivity (Wildman–Crippen MR) is 61.3 cm³/mol. The molecule has 14 heavy (non-hydrogen) atoms. The molecular weight excluding hydrogens is 324 g/mol. The summed E-state index contributed by atoms with van der Waals surface area (Å²) in [6.45, 7) is 0. The van der Waals surface area contributed by atoms with Crippen molar-refractivity contribution in [1.82, 2.24) is 0 Å². The SMILES string of the molecule is Nc1ccc(I)cc1C(=O)C(=O)O.[K]. The van der Waals surface area contributed by atoms with Crippen LogP contribution >= 0.6 is 22.6 Å². The Morgan fingerprint density at radius 3 is 2.43 bits per heavy atom. The normalized spacial score (nSPS) is 8.93. The van der Waals surface area contributed by atoms with Crippen molar-refractivity contribution in [3.05, 3.63) is 27.3 Å². The van der Waals surface area contributed by atoms with Crippen molar-refractivity contribution in [2.75, 3.05) is 5.73 Å².